The number of fused-ring (bicyclic) bond motifs is 1. The van der Waals surface area contributed by atoms with Crippen LogP contribution in [-0.4, -0.2) is 52.5 Å². The van der Waals surface area contributed by atoms with Crippen LogP contribution in [0, 0.1) is 5.92 Å². The molecule has 1 aromatic carbocycles. The molecule has 1 aliphatic heterocycles. The number of aromatic nitrogens is 1. The van der Waals surface area contributed by atoms with Crippen molar-refractivity contribution in [3.05, 3.63) is 36.0 Å². The fourth-order valence-corrected chi connectivity index (χ4v) is 3.68. The lowest BCUT2D eigenvalue weighted by molar-refractivity contribution is -0.142. The number of aromatic amines is 1. The van der Waals surface area contributed by atoms with Gasteiger partial charge in [0.05, 0.1) is 6.04 Å². The third-order valence-electron chi connectivity index (χ3n) is 5.34. The molecule has 0 aliphatic carbocycles. The van der Waals surface area contributed by atoms with Gasteiger partial charge in [-0.05, 0) is 36.9 Å². The van der Waals surface area contributed by atoms with Crippen LogP contribution < -0.4 is 16.0 Å². The van der Waals surface area contributed by atoms with Crippen molar-refractivity contribution in [1.29, 1.82) is 0 Å². The zero-order valence-corrected chi connectivity index (χ0v) is 16.7. The van der Waals surface area contributed by atoms with E-state index >= 15 is 0 Å². The van der Waals surface area contributed by atoms with Crippen LogP contribution in [0.4, 0.5) is 0 Å². The summed E-state index contributed by atoms with van der Waals surface area (Å²) in [5.41, 5.74) is 1.72. The van der Waals surface area contributed by atoms with Crippen LogP contribution >= 0.6 is 0 Å². The number of aliphatic carboxylic acids is 1. The van der Waals surface area contributed by atoms with Gasteiger partial charge in [0.15, 0.2) is 0 Å². The van der Waals surface area contributed by atoms with E-state index in [0.717, 1.165) is 35.9 Å². The van der Waals surface area contributed by atoms with Gasteiger partial charge in [0.25, 0.3) is 0 Å². The number of nitrogens with one attached hydrogen (secondary N) is 4. The molecular weight excluding hydrogens is 372 g/mol. The number of H-pyrrole nitrogens is 1. The Kier molecular flexibility index (Phi) is 6.53. The first-order chi connectivity index (χ1) is 13.9. The number of carboxylic acids is 1. The first-order valence-corrected chi connectivity index (χ1v) is 9.98. The summed E-state index contributed by atoms with van der Waals surface area (Å²) in [6, 6.07) is 5.41. The van der Waals surface area contributed by atoms with Gasteiger partial charge in [-0.2, -0.15) is 0 Å². The highest BCUT2D eigenvalue weighted by molar-refractivity contribution is 5.92. The number of hydrogen-bond acceptors (Lipinski definition) is 4. The summed E-state index contributed by atoms with van der Waals surface area (Å²) in [5, 5.41) is 19.1. The van der Waals surface area contributed by atoms with Crippen molar-refractivity contribution in [1.82, 2.24) is 20.9 Å². The fourth-order valence-electron chi connectivity index (χ4n) is 3.68. The fraction of sp³-hybridized carbons (Fsp3) is 0.476. The van der Waals surface area contributed by atoms with E-state index in [1.54, 1.807) is 6.20 Å². The number of benzene rings is 1. The molecule has 0 radical (unpaired) electrons. The first kappa shape index (κ1) is 20.9. The summed E-state index contributed by atoms with van der Waals surface area (Å²) < 4.78 is 0. The molecule has 29 heavy (non-hydrogen) atoms. The number of para-hydroxylation sites is 1. The second-order valence-electron chi connectivity index (χ2n) is 7.84. The number of carbonyl (C=O) groups excluding carboxylic acids is 2. The van der Waals surface area contributed by atoms with Crippen molar-refractivity contribution in [2.45, 2.75) is 51.2 Å². The van der Waals surface area contributed by atoms with Crippen LogP contribution in [0.25, 0.3) is 10.9 Å². The Labute approximate surface area is 169 Å². The van der Waals surface area contributed by atoms with Crippen LogP contribution in [0.1, 0.15) is 32.3 Å². The topological polar surface area (TPSA) is 123 Å². The van der Waals surface area contributed by atoms with Gasteiger partial charge >= 0.3 is 5.97 Å². The number of amides is 2. The summed E-state index contributed by atoms with van der Waals surface area (Å²) in [6.45, 7) is 4.42. The Morgan fingerprint density at radius 2 is 1.97 bits per heavy atom. The number of carbonyl (C=O) groups is 3. The lowest BCUT2D eigenvalue weighted by Crippen LogP contribution is -2.56. The number of rotatable bonds is 8. The Morgan fingerprint density at radius 1 is 1.21 bits per heavy atom. The second kappa shape index (κ2) is 9.09. The average molecular weight is 400 g/mol. The molecule has 1 fully saturated rings. The molecule has 2 aromatic rings. The standard InChI is InChI=1S/C21H28N4O4/c1-12(2)18(25-19(26)16-8-5-9-22-16)20(27)24-17(21(28)29)10-13-11-23-15-7-4-3-6-14(13)15/h3-4,6-7,11-12,16-18,22-23H,5,8-10H2,1-2H3,(H,24,27)(H,25,26)(H,28,29)/t16-,17-,18-/m0/s1. The van der Waals surface area contributed by atoms with E-state index in [0.29, 0.717) is 0 Å². The van der Waals surface area contributed by atoms with Crippen molar-refractivity contribution >= 4 is 28.7 Å². The van der Waals surface area contributed by atoms with Crippen LogP contribution in [0.15, 0.2) is 30.5 Å². The van der Waals surface area contributed by atoms with Gasteiger partial charge in [-0.15, -0.1) is 0 Å². The van der Waals surface area contributed by atoms with Crippen molar-refractivity contribution in [2.24, 2.45) is 5.92 Å². The van der Waals surface area contributed by atoms with Gasteiger partial charge < -0.3 is 26.0 Å². The maximum absolute atomic E-state index is 12.8. The van der Waals surface area contributed by atoms with E-state index < -0.39 is 24.0 Å². The third kappa shape index (κ3) is 4.95. The predicted molar refractivity (Wildman–Crippen MR) is 109 cm³/mol. The highest BCUT2D eigenvalue weighted by Gasteiger charge is 2.31. The molecule has 5 N–H and O–H groups in total. The van der Waals surface area contributed by atoms with Gasteiger partial charge in [0.1, 0.15) is 12.1 Å². The van der Waals surface area contributed by atoms with Crippen LogP contribution in [-0.2, 0) is 20.8 Å². The number of carboxylic acid groups (broad SMARTS) is 1. The second-order valence-corrected chi connectivity index (χ2v) is 7.84. The van der Waals surface area contributed by atoms with Gasteiger partial charge in [-0.3, -0.25) is 9.59 Å². The van der Waals surface area contributed by atoms with Gasteiger partial charge in [0.2, 0.25) is 11.8 Å². The van der Waals surface area contributed by atoms with Gasteiger partial charge in [-0.25, -0.2) is 4.79 Å². The lowest BCUT2D eigenvalue weighted by atomic mass is 10.0. The summed E-state index contributed by atoms with van der Waals surface area (Å²) in [7, 11) is 0. The highest BCUT2D eigenvalue weighted by atomic mass is 16.4. The molecule has 1 aliphatic rings. The third-order valence-corrected chi connectivity index (χ3v) is 5.34. The maximum Gasteiger partial charge on any atom is 0.326 e. The molecule has 1 saturated heterocycles. The van der Waals surface area contributed by atoms with E-state index in [4.69, 9.17) is 0 Å². The zero-order chi connectivity index (χ0) is 21.0. The van der Waals surface area contributed by atoms with Crippen LogP contribution in [0.3, 0.4) is 0 Å². The molecule has 2 heterocycles. The molecule has 3 atom stereocenters. The highest BCUT2D eigenvalue weighted by Crippen LogP contribution is 2.19. The molecule has 0 unspecified atom stereocenters. The summed E-state index contributed by atoms with van der Waals surface area (Å²) >= 11 is 0. The molecule has 3 rings (SSSR count). The number of hydrogen-bond donors (Lipinski definition) is 5. The van der Waals surface area contributed by atoms with Crippen molar-refractivity contribution in [3.8, 4) is 0 Å². The summed E-state index contributed by atoms with van der Waals surface area (Å²) in [4.78, 5) is 40.2. The predicted octanol–water partition coefficient (Wildman–Crippen LogP) is 1.17. The quantitative estimate of drug-likeness (QED) is 0.455. The van der Waals surface area contributed by atoms with Crippen molar-refractivity contribution in [2.75, 3.05) is 6.54 Å². The molecule has 8 heteroatoms. The molecule has 1 aromatic heterocycles. The summed E-state index contributed by atoms with van der Waals surface area (Å²) in [6.07, 6.45) is 3.56. The minimum Gasteiger partial charge on any atom is -0.480 e. The SMILES string of the molecule is CC(C)[C@H](NC(=O)[C@@H]1CCCN1)C(=O)N[C@@H](Cc1c[nH]c2ccccc12)C(=O)O. The molecule has 156 valence electrons. The largest absolute Gasteiger partial charge is 0.480 e. The Bertz CT molecular complexity index is 886. The molecule has 0 spiro atoms. The van der Waals surface area contributed by atoms with E-state index in [1.165, 1.54) is 0 Å². The minimum atomic E-state index is -1.12. The molecule has 0 bridgehead atoms. The van der Waals surface area contributed by atoms with Gasteiger partial charge in [-0.1, -0.05) is 32.0 Å². The molecule has 2 amide bonds. The monoisotopic (exact) mass is 400 g/mol. The Balaban J connectivity index is 1.69. The molecule has 0 saturated carbocycles. The lowest BCUT2D eigenvalue weighted by Gasteiger charge is -2.25. The zero-order valence-electron chi connectivity index (χ0n) is 16.7. The normalized spacial score (nSPS) is 18.5. The van der Waals surface area contributed by atoms with Gasteiger partial charge in [0, 0.05) is 23.5 Å². The average Bonchev–Trinajstić information content (AvgIpc) is 3.35. The Morgan fingerprint density at radius 3 is 2.62 bits per heavy atom. The van der Waals surface area contributed by atoms with E-state index in [-0.39, 0.29) is 24.3 Å². The summed E-state index contributed by atoms with van der Waals surface area (Å²) in [5.74, 6) is -2.00. The van der Waals surface area contributed by atoms with Crippen molar-refractivity contribution < 1.29 is 19.5 Å². The first-order valence-electron chi connectivity index (χ1n) is 9.98. The minimum absolute atomic E-state index is 0.147. The van der Waals surface area contributed by atoms with Crippen LogP contribution in [0.5, 0.6) is 0 Å². The van der Waals surface area contributed by atoms with Crippen molar-refractivity contribution in [3.63, 3.8) is 0 Å². The smallest absolute Gasteiger partial charge is 0.326 e. The van der Waals surface area contributed by atoms with E-state index in [9.17, 15) is 19.5 Å². The van der Waals surface area contributed by atoms with E-state index in [1.807, 2.05) is 38.1 Å². The Hall–Kier alpha value is -2.87. The molecule has 8 nitrogen and oxygen atoms in total. The maximum atomic E-state index is 12.8. The van der Waals surface area contributed by atoms with Crippen LogP contribution in [0.2, 0.25) is 0 Å². The molecular formula is C21H28N4O4. The van der Waals surface area contributed by atoms with E-state index in [2.05, 4.69) is 20.9 Å².